The molecule has 0 unspecified atom stereocenters. The second-order valence-electron chi connectivity index (χ2n) is 5.22. The zero-order chi connectivity index (χ0) is 15.9. The van der Waals surface area contributed by atoms with Crippen molar-refractivity contribution in [2.24, 2.45) is 16.0 Å². The summed E-state index contributed by atoms with van der Waals surface area (Å²) in [6, 6.07) is 6.46. The third kappa shape index (κ3) is 6.59. The first-order chi connectivity index (χ1) is 9.82. The highest BCUT2D eigenvalue weighted by molar-refractivity contribution is 7.89. The Morgan fingerprint density at radius 2 is 1.86 bits per heavy atom. The van der Waals surface area contributed by atoms with Crippen LogP contribution in [0.25, 0.3) is 0 Å². The van der Waals surface area contributed by atoms with Gasteiger partial charge in [0, 0.05) is 20.1 Å². The van der Waals surface area contributed by atoms with E-state index in [1.54, 1.807) is 19.2 Å². The highest BCUT2D eigenvalue weighted by Gasteiger charge is 2.06. The summed E-state index contributed by atoms with van der Waals surface area (Å²) < 4.78 is 22.3. The molecule has 1 aromatic carbocycles. The molecular weight excluding hydrogens is 288 g/mol. The molecule has 4 N–H and O–H groups in total. The highest BCUT2D eigenvalue weighted by Crippen LogP contribution is 2.08. The van der Waals surface area contributed by atoms with Crippen LogP contribution in [0.5, 0.6) is 0 Å². The Labute approximate surface area is 126 Å². The van der Waals surface area contributed by atoms with Crippen LogP contribution in [-0.2, 0) is 16.6 Å². The number of hydrogen-bond acceptors (Lipinski definition) is 3. The van der Waals surface area contributed by atoms with Gasteiger partial charge in [-0.1, -0.05) is 26.0 Å². The summed E-state index contributed by atoms with van der Waals surface area (Å²) in [6.45, 7) is 5.77. The number of benzene rings is 1. The van der Waals surface area contributed by atoms with Gasteiger partial charge in [-0.05, 0) is 30.0 Å². The maximum atomic E-state index is 11.2. The maximum Gasteiger partial charge on any atom is 0.238 e. The van der Waals surface area contributed by atoms with Gasteiger partial charge in [-0.25, -0.2) is 13.6 Å². The summed E-state index contributed by atoms with van der Waals surface area (Å²) in [7, 11) is -1.92. The Bertz CT molecular complexity index is 565. The third-order valence-electron chi connectivity index (χ3n) is 2.95. The molecule has 1 aromatic rings. The van der Waals surface area contributed by atoms with E-state index in [9.17, 15) is 8.42 Å². The average molecular weight is 312 g/mol. The molecule has 0 atom stereocenters. The molecule has 0 fully saturated rings. The lowest BCUT2D eigenvalue weighted by atomic mass is 10.1. The van der Waals surface area contributed by atoms with Crippen LogP contribution in [0.15, 0.2) is 34.2 Å². The van der Waals surface area contributed by atoms with Gasteiger partial charge < -0.3 is 10.6 Å². The molecule has 0 spiro atoms. The van der Waals surface area contributed by atoms with Crippen molar-refractivity contribution >= 4 is 16.0 Å². The van der Waals surface area contributed by atoms with Gasteiger partial charge in [-0.15, -0.1) is 0 Å². The predicted octanol–water partition coefficient (Wildman–Crippen LogP) is 1.05. The molecular formula is C14H24N4O2S. The molecule has 0 bridgehead atoms. The van der Waals surface area contributed by atoms with Crippen LogP contribution in [0.2, 0.25) is 0 Å². The van der Waals surface area contributed by atoms with Gasteiger partial charge in [0.2, 0.25) is 10.0 Å². The zero-order valence-corrected chi connectivity index (χ0v) is 13.6. The molecule has 0 aliphatic rings. The van der Waals surface area contributed by atoms with Crippen molar-refractivity contribution in [3.05, 3.63) is 29.8 Å². The van der Waals surface area contributed by atoms with E-state index in [4.69, 9.17) is 5.14 Å². The smallest absolute Gasteiger partial charge is 0.238 e. The van der Waals surface area contributed by atoms with Crippen LogP contribution < -0.4 is 15.8 Å². The van der Waals surface area contributed by atoms with Crippen molar-refractivity contribution in [2.75, 3.05) is 13.6 Å². The van der Waals surface area contributed by atoms with E-state index in [0.29, 0.717) is 12.5 Å². The quantitative estimate of drug-likeness (QED) is 0.540. The third-order valence-corrected chi connectivity index (χ3v) is 3.88. The molecule has 21 heavy (non-hydrogen) atoms. The number of nitrogens with zero attached hydrogens (tertiary/aromatic N) is 1. The molecule has 0 aliphatic carbocycles. The first-order valence-electron chi connectivity index (χ1n) is 6.89. The number of hydrogen-bond donors (Lipinski definition) is 3. The minimum Gasteiger partial charge on any atom is -0.356 e. The van der Waals surface area contributed by atoms with Gasteiger partial charge in [-0.3, -0.25) is 4.99 Å². The molecule has 0 saturated heterocycles. The van der Waals surface area contributed by atoms with E-state index < -0.39 is 10.0 Å². The maximum absolute atomic E-state index is 11.2. The van der Waals surface area contributed by atoms with E-state index in [0.717, 1.165) is 24.5 Å². The second-order valence-corrected chi connectivity index (χ2v) is 6.79. The Hall–Kier alpha value is -1.60. The normalized spacial score (nSPS) is 12.5. The Morgan fingerprint density at radius 1 is 1.24 bits per heavy atom. The summed E-state index contributed by atoms with van der Waals surface area (Å²) in [4.78, 5) is 4.25. The number of rotatable bonds is 6. The van der Waals surface area contributed by atoms with E-state index in [-0.39, 0.29) is 4.90 Å². The van der Waals surface area contributed by atoms with Crippen LogP contribution in [-0.4, -0.2) is 28.0 Å². The van der Waals surface area contributed by atoms with Gasteiger partial charge >= 0.3 is 0 Å². The van der Waals surface area contributed by atoms with Gasteiger partial charge in [0.25, 0.3) is 0 Å². The summed E-state index contributed by atoms with van der Waals surface area (Å²) >= 11 is 0. The molecule has 118 valence electrons. The summed E-state index contributed by atoms with van der Waals surface area (Å²) in [5.41, 5.74) is 0.953. The molecule has 0 aliphatic heterocycles. The Morgan fingerprint density at radius 3 is 2.33 bits per heavy atom. The number of guanidine groups is 1. The van der Waals surface area contributed by atoms with E-state index in [1.807, 2.05) is 0 Å². The molecule has 0 aromatic heterocycles. The second kappa shape index (κ2) is 7.99. The minimum absolute atomic E-state index is 0.116. The number of nitrogens with one attached hydrogen (secondary N) is 2. The van der Waals surface area contributed by atoms with Crippen molar-refractivity contribution < 1.29 is 8.42 Å². The fraction of sp³-hybridized carbons (Fsp3) is 0.500. The van der Waals surface area contributed by atoms with Crippen molar-refractivity contribution in [3.8, 4) is 0 Å². The number of primary sulfonamides is 1. The number of sulfonamides is 1. The predicted molar refractivity (Wildman–Crippen MR) is 85.5 cm³/mol. The average Bonchev–Trinajstić information content (AvgIpc) is 2.41. The Kier molecular flexibility index (Phi) is 6.64. The monoisotopic (exact) mass is 312 g/mol. The first kappa shape index (κ1) is 17.5. The van der Waals surface area contributed by atoms with Crippen LogP contribution in [0.1, 0.15) is 25.8 Å². The van der Waals surface area contributed by atoms with Crippen molar-refractivity contribution in [1.29, 1.82) is 0 Å². The zero-order valence-electron chi connectivity index (χ0n) is 12.8. The number of aliphatic imine (C=N–C) groups is 1. The van der Waals surface area contributed by atoms with Crippen molar-refractivity contribution in [3.63, 3.8) is 0 Å². The topological polar surface area (TPSA) is 96.6 Å². The van der Waals surface area contributed by atoms with Crippen LogP contribution in [0, 0.1) is 5.92 Å². The first-order valence-corrected chi connectivity index (χ1v) is 8.44. The van der Waals surface area contributed by atoms with Crippen LogP contribution >= 0.6 is 0 Å². The fourth-order valence-electron chi connectivity index (χ4n) is 1.68. The van der Waals surface area contributed by atoms with Gasteiger partial charge in [0.15, 0.2) is 5.96 Å². The van der Waals surface area contributed by atoms with Crippen LogP contribution in [0.4, 0.5) is 0 Å². The Balaban J connectivity index is 2.50. The molecule has 0 radical (unpaired) electrons. The van der Waals surface area contributed by atoms with E-state index >= 15 is 0 Å². The van der Waals surface area contributed by atoms with Gasteiger partial charge in [0.05, 0.1) is 4.90 Å². The van der Waals surface area contributed by atoms with Gasteiger partial charge in [-0.2, -0.15) is 0 Å². The minimum atomic E-state index is -3.63. The molecule has 0 amide bonds. The molecule has 1 rings (SSSR count). The lowest BCUT2D eigenvalue weighted by Gasteiger charge is -2.13. The fourth-order valence-corrected chi connectivity index (χ4v) is 2.20. The summed E-state index contributed by atoms with van der Waals surface area (Å²) in [6.07, 6.45) is 1.07. The largest absolute Gasteiger partial charge is 0.356 e. The lowest BCUT2D eigenvalue weighted by molar-refractivity contribution is 0.573. The molecule has 0 heterocycles. The number of nitrogens with two attached hydrogens (primary N) is 1. The molecule has 7 heteroatoms. The van der Waals surface area contributed by atoms with Crippen LogP contribution in [0.3, 0.4) is 0 Å². The lowest BCUT2D eigenvalue weighted by Crippen LogP contribution is -2.37. The van der Waals surface area contributed by atoms with E-state index in [2.05, 4.69) is 29.5 Å². The summed E-state index contributed by atoms with van der Waals surface area (Å²) in [5, 5.41) is 11.5. The highest BCUT2D eigenvalue weighted by atomic mass is 32.2. The summed E-state index contributed by atoms with van der Waals surface area (Å²) in [5.74, 6) is 1.37. The molecule has 0 saturated carbocycles. The van der Waals surface area contributed by atoms with Gasteiger partial charge in [0.1, 0.15) is 0 Å². The van der Waals surface area contributed by atoms with E-state index in [1.165, 1.54) is 12.1 Å². The standard InChI is InChI=1S/C14H24N4O2S/c1-11(2)8-9-17-14(16-3)18-10-12-4-6-13(7-5-12)21(15,19)20/h4-7,11H,8-10H2,1-3H3,(H2,15,19,20)(H2,16,17,18). The van der Waals surface area contributed by atoms with Crippen molar-refractivity contribution in [1.82, 2.24) is 10.6 Å². The SMILES string of the molecule is CN=C(NCCC(C)C)NCc1ccc(S(N)(=O)=O)cc1. The van der Waals surface area contributed by atoms with Crippen molar-refractivity contribution in [2.45, 2.75) is 31.7 Å². The molecule has 6 nitrogen and oxygen atoms in total.